The highest BCUT2D eigenvalue weighted by molar-refractivity contribution is 7.89. The van der Waals surface area contributed by atoms with Crippen molar-refractivity contribution in [3.63, 3.8) is 0 Å². The van der Waals surface area contributed by atoms with Crippen molar-refractivity contribution in [1.29, 1.82) is 0 Å². The van der Waals surface area contributed by atoms with E-state index in [2.05, 4.69) is 0 Å². The second-order valence-electron chi connectivity index (χ2n) is 8.72. The van der Waals surface area contributed by atoms with Crippen LogP contribution in [0.2, 0.25) is 0 Å². The van der Waals surface area contributed by atoms with Gasteiger partial charge < -0.3 is 0 Å². The Morgan fingerprint density at radius 1 is 0.686 bits per heavy atom. The van der Waals surface area contributed by atoms with Gasteiger partial charge in [-0.3, -0.25) is 4.31 Å². The topological polar surface area (TPSA) is 49.7 Å². The maximum Gasteiger partial charge on any atom is 0.264 e. The lowest BCUT2D eigenvalue weighted by Crippen LogP contribution is -2.38. The van der Waals surface area contributed by atoms with Crippen LogP contribution in [-0.2, 0) is 10.0 Å². The molecule has 1 unspecified atom stereocenters. The average molecular weight is 479 g/mol. The standard InChI is InChI=1S/C30H26N2O2S/c1-22-18-23(2)20-27(19-22)35(33,34)32-21-28(24-12-6-3-7-13-24)31-29(25-14-8-4-9-15-25)30(32)26-16-10-5-11-17-26/h3-21,30H,1-2H3. The highest BCUT2D eigenvalue weighted by Gasteiger charge is 2.37. The molecule has 5 heteroatoms. The number of rotatable bonds is 5. The molecule has 0 fully saturated rings. The third-order valence-electron chi connectivity index (χ3n) is 6.03. The lowest BCUT2D eigenvalue weighted by molar-refractivity contribution is 0.470. The molecular formula is C30H26N2O2S. The van der Waals surface area contributed by atoms with Gasteiger partial charge in [-0.05, 0) is 48.2 Å². The van der Waals surface area contributed by atoms with Gasteiger partial charge in [0.1, 0.15) is 6.04 Å². The lowest BCUT2D eigenvalue weighted by atomic mass is 9.95. The van der Waals surface area contributed by atoms with E-state index in [1.54, 1.807) is 18.3 Å². The van der Waals surface area contributed by atoms with Crippen LogP contribution in [-0.4, -0.2) is 18.4 Å². The molecule has 4 nitrogen and oxygen atoms in total. The minimum atomic E-state index is -3.91. The van der Waals surface area contributed by atoms with Gasteiger partial charge in [-0.15, -0.1) is 0 Å². The summed E-state index contributed by atoms with van der Waals surface area (Å²) < 4.78 is 30.0. The van der Waals surface area contributed by atoms with E-state index in [4.69, 9.17) is 4.99 Å². The highest BCUT2D eigenvalue weighted by Crippen LogP contribution is 2.38. The monoisotopic (exact) mass is 478 g/mol. The maximum atomic E-state index is 14.3. The number of hydrogen-bond acceptors (Lipinski definition) is 3. The molecule has 0 saturated heterocycles. The SMILES string of the molecule is Cc1cc(C)cc(S(=O)(=O)N2C=C(c3ccccc3)N=C(c3ccccc3)C2c2ccccc2)c1. The first-order chi connectivity index (χ1) is 16.9. The summed E-state index contributed by atoms with van der Waals surface area (Å²) in [4.78, 5) is 5.32. The van der Waals surface area contributed by atoms with E-state index >= 15 is 0 Å². The molecule has 1 atom stereocenters. The fraction of sp³-hybridized carbons (Fsp3) is 0.100. The van der Waals surface area contributed by atoms with Gasteiger partial charge in [-0.2, -0.15) is 0 Å². The van der Waals surface area contributed by atoms with Gasteiger partial charge in [0.2, 0.25) is 0 Å². The molecule has 0 spiro atoms. The number of sulfonamides is 1. The zero-order valence-electron chi connectivity index (χ0n) is 19.7. The van der Waals surface area contributed by atoms with E-state index in [9.17, 15) is 8.42 Å². The Hall–Kier alpha value is -3.96. The summed E-state index contributed by atoms with van der Waals surface area (Å²) in [5.74, 6) is 0. The van der Waals surface area contributed by atoms with Crippen molar-refractivity contribution in [3.8, 4) is 0 Å². The molecule has 0 saturated carbocycles. The van der Waals surface area contributed by atoms with Gasteiger partial charge in [0.25, 0.3) is 10.0 Å². The van der Waals surface area contributed by atoms with Crippen molar-refractivity contribution in [2.24, 2.45) is 4.99 Å². The number of aliphatic imine (C=N–C) groups is 1. The van der Waals surface area contributed by atoms with Gasteiger partial charge in [-0.25, -0.2) is 13.4 Å². The molecule has 4 aromatic carbocycles. The third kappa shape index (κ3) is 4.55. The summed E-state index contributed by atoms with van der Waals surface area (Å²) >= 11 is 0. The van der Waals surface area contributed by atoms with Crippen LogP contribution in [0.25, 0.3) is 5.70 Å². The molecule has 35 heavy (non-hydrogen) atoms. The van der Waals surface area contributed by atoms with Crippen molar-refractivity contribution in [2.75, 3.05) is 0 Å². The zero-order chi connectivity index (χ0) is 24.4. The Kier molecular flexibility index (Phi) is 6.10. The fourth-order valence-electron chi connectivity index (χ4n) is 4.47. The smallest absolute Gasteiger partial charge is 0.258 e. The molecule has 4 aromatic rings. The first-order valence-electron chi connectivity index (χ1n) is 11.5. The highest BCUT2D eigenvalue weighted by atomic mass is 32.2. The van der Waals surface area contributed by atoms with Crippen LogP contribution < -0.4 is 0 Å². The van der Waals surface area contributed by atoms with Crippen molar-refractivity contribution >= 4 is 21.4 Å². The molecule has 0 amide bonds. The Morgan fingerprint density at radius 2 is 1.20 bits per heavy atom. The van der Waals surface area contributed by atoms with E-state index < -0.39 is 16.1 Å². The van der Waals surface area contributed by atoms with Gasteiger partial charge >= 0.3 is 0 Å². The normalized spacial score (nSPS) is 15.9. The summed E-state index contributed by atoms with van der Waals surface area (Å²) in [7, 11) is -3.91. The zero-order valence-corrected chi connectivity index (χ0v) is 20.5. The van der Waals surface area contributed by atoms with Crippen LogP contribution in [0.1, 0.15) is 33.9 Å². The molecule has 0 aliphatic carbocycles. The fourth-order valence-corrected chi connectivity index (χ4v) is 6.12. The van der Waals surface area contributed by atoms with Crippen molar-refractivity contribution in [2.45, 2.75) is 24.8 Å². The summed E-state index contributed by atoms with van der Waals surface area (Å²) in [6.07, 6.45) is 1.67. The van der Waals surface area contributed by atoms with Crippen LogP contribution >= 0.6 is 0 Å². The first-order valence-corrected chi connectivity index (χ1v) is 13.0. The Morgan fingerprint density at radius 3 is 1.77 bits per heavy atom. The summed E-state index contributed by atoms with van der Waals surface area (Å²) in [6, 6.07) is 34.0. The third-order valence-corrected chi connectivity index (χ3v) is 7.73. The van der Waals surface area contributed by atoms with E-state index in [0.29, 0.717) is 11.4 Å². The van der Waals surface area contributed by atoms with Crippen LogP contribution in [0.15, 0.2) is 125 Å². The van der Waals surface area contributed by atoms with Gasteiger partial charge in [0, 0.05) is 11.8 Å². The predicted molar refractivity (Wildman–Crippen MR) is 142 cm³/mol. The molecule has 174 valence electrons. The summed E-state index contributed by atoms with van der Waals surface area (Å²) in [5, 5.41) is 0. The van der Waals surface area contributed by atoms with Crippen molar-refractivity contribution in [3.05, 3.63) is 143 Å². The van der Waals surface area contributed by atoms with Crippen LogP contribution in [0.5, 0.6) is 0 Å². The van der Waals surface area contributed by atoms with Gasteiger partial charge in [0.05, 0.1) is 16.3 Å². The van der Waals surface area contributed by atoms with Gasteiger partial charge in [0.15, 0.2) is 0 Å². The Bertz CT molecular complexity index is 1490. The van der Waals surface area contributed by atoms with Crippen molar-refractivity contribution < 1.29 is 8.42 Å². The number of hydrogen-bond donors (Lipinski definition) is 0. The molecule has 0 bridgehead atoms. The summed E-state index contributed by atoms with van der Waals surface area (Å²) in [5.41, 5.74) is 5.68. The van der Waals surface area contributed by atoms with Gasteiger partial charge in [-0.1, -0.05) is 97.1 Å². The largest absolute Gasteiger partial charge is 0.264 e. The predicted octanol–water partition coefficient (Wildman–Crippen LogP) is 6.54. The Balaban J connectivity index is 1.78. The van der Waals surface area contributed by atoms with E-state index in [1.807, 2.05) is 111 Å². The molecule has 1 aliphatic heterocycles. The number of nitrogens with zero attached hydrogens (tertiary/aromatic N) is 2. The molecule has 0 N–H and O–H groups in total. The summed E-state index contributed by atoms with van der Waals surface area (Å²) in [6.45, 7) is 3.83. The first kappa shape index (κ1) is 22.8. The molecule has 1 heterocycles. The maximum absolute atomic E-state index is 14.3. The minimum absolute atomic E-state index is 0.272. The molecule has 5 rings (SSSR count). The minimum Gasteiger partial charge on any atom is -0.258 e. The number of aryl methyl sites for hydroxylation is 2. The van der Waals surface area contributed by atoms with Crippen LogP contribution in [0.4, 0.5) is 0 Å². The second-order valence-corrected chi connectivity index (χ2v) is 10.6. The second kappa shape index (κ2) is 9.35. The molecule has 0 aromatic heterocycles. The Labute approximate surface area is 207 Å². The molecular weight excluding hydrogens is 452 g/mol. The van der Waals surface area contributed by atoms with Crippen LogP contribution in [0, 0.1) is 13.8 Å². The van der Waals surface area contributed by atoms with Crippen molar-refractivity contribution in [1.82, 2.24) is 4.31 Å². The molecule has 0 radical (unpaired) electrons. The van der Waals surface area contributed by atoms with E-state index in [0.717, 1.165) is 27.8 Å². The van der Waals surface area contributed by atoms with Crippen LogP contribution in [0.3, 0.4) is 0 Å². The lowest BCUT2D eigenvalue weighted by Gasteiger charge is -2.35. The number of benzene rings is 4. The average Bonchev–Trinajstić information content (AvgIpc) is 2.89. The van der Waals surface area contributed by atoms with E-state index in [1.165, 1.54) is 4.31 Å². The quantitative estimate of drug-likeness (QED) is 0.327. The van der Waals surface area contributed by atoms with E-state index in [-0.39, 0.29) is 4.90 Å². The molecule has 1 aliphatic rings.